The van der Waals surface area contributed by atoms with E-state index in [1.165, 1.54) is 11.3 Å². The molecule has 0 unspecified atom stereocenters. The summed E-state index contributed by atoms with van der Waals surface area (Å²) in [7, 11) is 1.63. The van der Waals surface area contributed by atoms with Crippen molar-refractivity contribution in [2.24, 2.45) is 0 Å². The van der Waals surface area contributed by atoms with Crippen LogP contribution < -0.4 is 15.2 Å². The molecule has 5 nitrogen and oxygen atoms in total. The molecule has 0 fully saturated rings. The maximum atomic E-state index is 5.58. The van der Waals surface area contributed by atoms with E-state index in [1.807, 2.05) is 24.3 Å². The molecule has 0 spiro atoms. The van der Waals surface area contributed by atoms with Gasteiger partial charge in [0.25, 0.3) is 0 Å². The van der Waals surface area contributed by atoms with Gasteiger partial charge in [0.1, 0.15) is 16.5 Å². The molecule has 0 saturated carbocycles. The molecule has 0 saturated heterocycles. The van der Waals surface area contributed by atoms with Crippen LogP contribution in [0.25, 0.3) is 0 Å². The van der Waals surface area contributed by atoms with Gasteiger partial charge in [-0.15, -0.1) is 10.2 Å². The van der Waals surface area contributed by atoms with E-state index in [0.717, 1.165) is 16.5 Å². The number of rotatable bonds is 5. The second-order valence-corrected chi connectivity index (χ2v) is 4.41. The number of nitrogens with zero attached hydrogens (tertiary/aromatic N) is 2. The summed E-state index contributed by atoms with van der Waals surface area (Å²) in [6.45, 7) is 0.543. The van der Waals surface area contributed by atoms with Gasteiger partial charge in [0.2, 0.25) is 5.13 Å². The Hall–Kier alpha value is -1.82. The Labute approximate surface area is 103 Å². The quantitative estimate of drug-likeness (QED) is 0.876. The first-order valence-corrected chi connectivity index (χ1v) is 5.94. The molecule has 0 aliphatic heterocycles. The number of hydrogen-bond donors (Lipinski definition) is 1. The van der Waals surface area contributed by atoms with Crippen molar-refractivity contribution in [3.8, 4) is 11.5 Å². The summed E-state index contributed by atoms with van der Waals surface area (Å²) in [5, 5.41) is 9.03. The normalized spacial score (nSPS) is 10.2. The van der Waals surface area contributed by atoms with Crippen LogP contribution in [0.15, 0.2) is 24.3 Å². The first-order valence-electron chi connectivity index (χ1n) is 5.12. The Bertz CT molecular complexity index is 487. The van der Waals surface area contributed by atoms with Gasteiger partial charge in [-0.2, -0.15) is 0 Å². The Balaban J connectivity index is 1.85. The lowest BCUT2D eigenvalue weighted by molar-refractivity contribution is 0.318. The number of nitrogen functional groups attached to an aromatic ring is 1. The molecule has 1 aromatic heterocycles. The monoisotopic (exact) mass is 251 g/mol. The van der Waals surface area contributed by atoms with E-state index >= 15 is 0 Å². The van der Waals surface area contributed by atoms with Crippen LogP contribution in [0.2, 0.25) is 0 Å². The van der Waals surface area contributed by atoms with E-state index in [4.69, 9.17) is 15.2 Å². The minimum absolute atomic E-state index is 0.487. The van der Waals surface area contributed by atoms with Gasteiger partial charge in [0, 0.05) is 12.5 Å². The lowest BCUT2D eigenvalue weighted by atomic mass is 10.3. The van der Waals surface area contributed by atoms with Crippen molar-refractivity contribution in [3.05, 3.63) is 29.3 Å². The van der Waals surface area contributed by atoms with E-state index in [1.54, 1.807) is 7.11 Å². The number of hydrogen-bond acceptors (Lipinski definition) is 6. The molecule has 0 aliphatic carbocycles. The van der Waals surface area contributed by atoms with E-state index < -0.39 is 0 Å². The highest BCUT2D eigenvalue weighted by atomic mass is 32.1. The largest absolute Gasteiger partial charge is 0.497 e. The minimum Gasteiger partial charge on any atom is -0.497 e. The molecular weight excluding hydrogens is 238 g/mol. The topological polar surface area (TPSA) is 70.3 Å². The molecule has 90 valence electrons. The van der Waals surface area contributed by atoms with E-state index in [0.29, 0.717) is 18.2 Å². The van der Waals surface area contributed by atoms with Crippen LogP contribution in [0, 0.1) is 0 Å². The van der Waals surface area contributed by atoms with Crippen molar-refractivity contribution < 1.29 is 9.47 Å². The number of methoxy groups -OCH3 is 1. The van der Waals surface area contributed by atoms with Crippen LogP contribution in [0.3, 0.4) is 0 Å². The van der Waals surface area contributed by atoms with Crippen molar-refractivity contribution in [1.29, 1.82) is 0 Å². The molecule has 0 radical (unpaired) electrons. The molecule has 2 rings (SSSR count). The lowest BCUT2D eigenvalue weighted by Gasteiger charge is -2.06. The zero-order valence-corrected chi connectivity index (χ0v) is 10.2. The molecular formula is C11H13N3O2S. The van der Waals surface area contributed by atoms with Crippen LogP contribution in [-0.4, -0.2) is 23.9 Å². The maximum absolute atomic E-state index is 5.58. The lowest BCUT2D eigenvalue weighted by Crippen LogP contribution is -2.01. The number of anilines is 1. The van der Waals surface area contributed by atoms with Crippen LogP contribution >= 0.6 is 11.3 Å². The highest BCUT2D eigenvalue weighted by Gasteiger charge is 2.02. The molecule has 1 aromatic carbocycles. The average Bonchev–Trinajstić information content (AvgIpc) is 2.75. The zero-order valence-electron chi connectivity index (χ0n) is 9.42. The van der Waals surface area contributed by atoms with E-state index in [-0.39, 0.29) is 0 Å². The van der Waals surface area contributed by atoms with Gasteiger partial charge in [-0.3, -0.25) is 0 Å². The predicted octanol–water partition coefficient (Wildman–Crippen LogP) is 1.75. The van der Waals surface area contributed by atoms with Gasteiger partial charge in [-0.25, -0.2) is 0 Å². The maximum Gasteiger partial charge on any atom is 0.203 e. The summed E-state index contributed by atoms with van der Waals surface area (Å²) < 4.78 is 10.7. The standard InChI is InChI=1S/C11H13N3O2S/c1-15-8-3-2-4-9(7-8)16-6-5-10-13-14-11(12)17-10/h2-4,7H,5-6H2,1H3,(H2,12,14). The molecule has 0 bridgehead atoms. The molecule has 17 heavy (non-hydrogen) atoms. The Kier molecular flexibility index (Phi) is 3.77. The Morgan fingerprint density at radius 3 is 2.82 bits per heavy atom. The molecule has 0 aliphatic rings. The van der Waals surface area contributed by atoms with Crippen molar-refractivity contribution in [2.75, 3.05) is 19.5 Å². The summed E-state index contributed by atoms with van der Waals surface area (Å²) in [6, 6.07) is 7.49. The third kappa shape index (κ3) is 3.32. The fourth-order valence-corrected chi connectivity index (χ4v) is 1.90. The molecule has 1 heterocycles. The smallest absolute Gasteiger partial charge is 0.203 e. The SMILES string of the molecule is COc1cccc(OCCc2nnc(N)s2)c1. The first-order chi connectivity index (χ1) is 8.28. The number of benzene rings is 1. The van der Waals surface area contributed by atoms with Crippen molar-refractivity contribution in [3.63, 3.8) is 0 Å². The minimum atomic E-state index is 0.487. The molecule has 0 atom stereocenters. The van der Waals surface area contributed by atoms with Gasteiger partial charge in [-0.1, -0.05) is 17.4 Å². The van der Waals surface area contributed by atoms with Gasteiger partial charge < -0.3 is 15.2 Å². The summed E-state index contributed by atoms with van der Waals surface area (Å²) in [5.41, 5.74) is 5.49. The third-order valence-electron chi connectivity index (χ3n) is 2.11. The first kappa shape index (κ1) is 11.7. The fraction of sp³-hybridized carbons (Fsp3) is 0.273. The predicted molar refractivity (Wildman–Crippen MR) is 66.5 cm³/mol. The fourth-order valence-electron chi connectivity index (χ4n) is 1.31. The zero-order chi connectivity index (χ0) is 12.1. The van der Waals surface area contributed by atoms with Crippen LogP contribution in [0.5, 0.6) is 11.5 Å². The van der Waals surface area contributed by atoms with Crippen LogP contribution in [-0.2, 0) is 6.42 Å². The van der Waals surface area contributed by atoms with Gasteiger partial charge in [-0.05, 0) is 12.1 Å². The Morgan fingerprint density at radius 1 is 1.29 bits per heavy atom. The number of ether oxygens (including phenoxy) is 2. The van der Waals surface area contributed by atoms with Crippen molar-refractivity contribution in [1.82, 2.24) is 10.2 Å². The van der Waals surface area contributed by atoms with Crippen LogP contribution in [0.4, 0.5) is 5.13 Å². The molecule has 6 heteroatoms. The van der Waals surface area contributed by atoms with E-state index in [2.05, 4.69) is 10.2 Å². The second kappa shape index (κ2) is 5.49. The highest BCUT2D eigenvalue weighted by molar-refractivity contribution is 7.15. The van der Waals surface area contributed by atoms with Crippen molar-refractivity contribution >= 4 is 16.5 Å². The van der Waals surface area contributed by atoms with Gasteiger partial charge >= 0.3 is 0 Å². The summed E-state index contributed by atoms with van der Waals surface area (Å²) in [5.74, 6) is 1.56. The summed E-state index contributed by atoms with van der Waals surface area (Å²) in [6.07, 6.45) is 0.700. The highest BCUT2D eigenvalue weighted by Crippen LogP contribution is 2.19. The summed E-state index contributed by atoms with van der Waals surface area (Å²) >= 11 is 1.38. The van der Waals surface area contributed by atoms with Crippen LogP contribution in [0.1, 0.15) is 5.01 Å². The van der Waals surface area contributed by atoms with Gasteiger partial charge in [0.15, 0.2) is 0 Å². The second-order valence-electron chi connectivity index (χ2n) is 3.31. The average molecular weight is 251 g/mol. The van der Waals surface area contributed by atoms with Gasteiger partial charge in [0.05, 0.1) is 13.7 Å². The molecule has 2 aromatic rings. The summed E-state index contributed by atoms with van der Waals surface area (Å²) in [4.78, 5) is 0. The number of aromatic nitrogens is 2. The Morgan fingerprint density at radius 2 is 2.12 bits per heavy atom. The molecule has 0 amide bonds. The number of nitrogens with two attached hydrogens (primary N) is 1. The van der Waals surface area contributed by atoms with Crippen molar-refractivity contribution in [2.45, 2.75) is 6.42 Å². The molecule has 2 N–H and O–H groups in total. The van der Waals surface area contributed by atoms with E-state index in [9.17, 15) is 0 Å². The third-order valence-corrected chi connectivity index (χ3v) is 2.92.